The first-order valence-corrected chi connectivity index (χ1v) is 7.62. The molecule has 0 fully saturated rings. The second-order valence-corrected chi connectivity index (χ2v) is 5.50. The summed E-state index contributed by atoms with van der Waals surface area (Å²) in [6, 6.07) is 7.86. The summed E-state index contributed by atoms with van der Waals surface area (Å²) in [6.45, 7) is 4.35. The third-order valence-electron chi connectivity index (χ3n) is 3.50. The fourth-order valence-electron chi connectivity index (χ4n) is 2.27. The number of benzene rings is 1. The van der Waals surface area contributed by atoms with E-state index in [2.05, 4.69) is 24.8 Å². The normalized spacial score (nSPS) is 11.0. The summed E-state index contributed by atoms with van der Waals surface area (Å²) in [6.07, 6.45) is 3.79. The molecule has 1 N–H and O–H groups in total. The molecule has 0 amide bonds. The average Bonchev–Trinajstić information content (AvgIpc) is 2.91. The SMILES string of the molecule is CN=C(NCCn1ccnc1C)N(C)Cc1ccccc1Cl.I. The predicted molar refractivity (Wildman–Crippen MR) is 107 cm³/mol. The van der Waals surface area contributed by atoms with Crippen LogP contribution in [0.15, 0.2) is 41.7 Å². The van der Waals surface area contributed by atoms with Crippen molar-refractivity contribution in [3.63, 3.8) is 0 Å². The molecule has 0 spiro atoms. The maximum Gasteiger partial charge on any atom is 0.193 e. The van der Waals surface area contributed by atoms with Gasteiger partial charge in [-0.05, 0) is 18.6 Å². The number of hydrogen-bond acceptors (Lipinski definition) is 2. The topological polar surface area (TPSA) is 45.5 Å². The first-order chi connectivity index (χ1) is 10.6. The van der Waals surface area contributed by atoms with Gasteiger partial charge in [-0.2, -0.15) is 0 Å². The highest BCUT2D eigenvalue weighted by Gasteiger charge is 2.08. The lowest BCUT2D eigenvalue weighted by Crippen LogP contribution is -2.39. The predicted octanol–water partition coefficient (Wildman–Crippen LogP) is 3.17. The standard InChI is InChI=1S/C16H22ClN5.HI/c1-13-19-8-10-22(13)11-9-20-16(18-2)21(3)12-14-6-4-5-7-15(14)17;/h4-8,10H,9,11-12H2,1-3H3,(H,18,20);1H. The molecule has 2 rings (SSSR count). The zero-order chi connectivity index (χ0) is 15.9. The van der Waals surface area contributed by atoms with Crippen LogP contribution in [0, 0.1) is 6.92 Å². The fourth-order valence-corrected chi connectivity index (χ4v) is 2.47. The fraction of sp³-hybridized carbons (Fsp3) is 0.375. The molecular formula is C16H23ClIN5. The van der Waals surface area contributed by atoms with Crippen LogP contribution in [0.5, 0.6) is 0 Å². The minimum absolute atomic E-state index is 0. The van der Waals surface area contributed by atoms with Crippen LogP contribution in [0.4, 0.5) is 0 Å². The first-order valence-electron chi connectivity index (χ1n) is 7.24. The molecule has 7 heteroatoms. The number of aliphatic imine (C=N–C) groups is 1. The van der Waals surface area contributed by atoms with Gasteiger partial charge in [-0.15, -0.1) is 24.0 Å². The maximum absolute atomic E-state index is 6.21. The van der Waals surface area contributed by atoms with E-state index in [0.29, 0.717) is 6.54 Å². The van der Waals surface area contributed by atoms with E-state index in [1.54, 1.807) is 7.05 Å². The van der Waals surface area contributed by atoms with Crippen molar-refractivity contribution in [3.05, 3.63) is 53.1 Å². The van der Waals surface area contributed by atoms with Crippen LogP contribution in [0.2, 0.25) is 5.02 Å². The summed E-state index contributed by atoms with van der Waals surface area (Å²) >= 11 is 6.21. The van der Waals surface area contributed by atoms with Crippen LogP contribution < -0.4 is 5.32 Å². The second-order valence-electron chi connectivity index (χ2n) is 5.09. The largest absolute Gasteiger partial charge is 0.354 e. The van der Waals surface area contributed by atoms with Crippen molar-refractivity contribution in [2.45, 2.75) is 20.0 Å². The molecule has 0 saturated heterocycles. The minimum Gasteiger partial charge on any atom is -0.354 e. The molecule has 1 aromatic heterocycles. The molecule has 0 aliphatic rings. The summed E-state index contributed by atoms with van der Waals surface area (Å²) in [5, 5.41) is 4.14. The van der Waals surface area contributed by atoms with E-state index >= 15 is 0 Å². The monoisotopic (exact) mass is 447 g/mol. The van der Waals surface area contributed by atoms with Gasteiger partial charge in [0.25, 0.3) is 0 Å². The van der Waals surface area contributed by atoms with Crippen molar-refractivity contribution >= 4 is 41.5 Å². The Kier molecular flexibility index (Phi) is 8.40. The van der Waals surface area contributed by atoms with E-state index in [9.17, 15) is 0 Å². The Labute approximate surface area is 159 Å². The minimum atomic E-state index is 0. The van der Waals surface area contributed by atoms with Gasteiger partial charge in [-0.25, -0.2) is 4.98 Å². The molecule has 5 nitrogen and oxygen atoms in total. The molecule has 0 aliphatic heterocycles. The van der Waals surface area contributed by atoms with Crippen LogP contribution in [-0.2, 0) is 13.1 Å². The lowest BCUT2D eigenvalue weighted by Gasteiger charge is -2.22. The molecule has 0 aliphatic carbocycles. The zero-order valence-electron chi connectivity index (χ0n) is 13.7. The van der Waals surface area contributed by atoms with Crippen LogP contribution in [0.25, 0.3) is 0 Å². The molecule has 0 unspecified atom stereocenters. The highest BCUT2D eigenvalue weighted by atomic mass is 127. The van der Waals surface area contributed by atoms with Crippen molar-refractivity contribution in [1.82, 2.24) is 19.8 Å². The van der Waals surface area contributed by atoms with E-state index in [4.69, 9.17) is 11.6 Å². The Morgan fingerprint density at radius 2 is 2.13 bits per heavy atom. The first kappa shape index (κ1) is 19.8. The van der Waals surface area contributed by atoms with E-state index in [1.165, 1.54) is 0 Å². The Balaban J connectivity index is 0.00000264. The number of aryl methyl sites for hydroxylation is 1. The van der Waals surface area contributed by atoms with Gasteiger partial charge in [0.2, 0.25) is 0 Å². The van der Waals surface area contributed by atoms with Gasteiger partial charge in [0.1, 0.15) is 5.82 Å². The molecule has 126 valence electrons. The van der Waals surface area contributed by atoms with Gasteiger partial charge in [-0.1, -0.05) is 29.8 Å². The lowest BCUT2D eigenvalue weighted by molar-refractivity contribution is 0.473. The lowest BCUT2D eigenvalue weighted by atomic mass is 10.2. The zero-order valence-corrected chi connectivity index (χ0v) is 16.7. The Bertz CT molecular complexity index is 641. The van der Waals surface area contributed by atoms with Gasteiger partial charge in [0.15, 0.2) is 5.96 Å². The number of imidazole rings is 1. The summed E-state index contributed by atoms with van der Waals surface area (Å²) < 4.78 is 2.11. The van der Waals surface area contributed by atoms with Crippen molar-refractivity contribution in [3.8, 4) is 0 Å². The molecule has 23 heavy (non-hydrogen) atoms. The van der Waals surface area contributed by atoms with Gasteiger partial charge in [0, 0.05) is 51.1 Å². The molecule has 1 aromatic carbocycles. The van der Waals surface area contributed by atoms with E-state index in [0.717, 1.165) is 35.5 Å². The summed E-state index contributed by atoms with van der Waals surface area (Å²) in [5.41, 5.74) is 1.08. The van der Waals surface area contributed by atoms with Crippen LogP contribution in [-0.4, -0.2) is 41.1 Å². The summed E-state index contributed by atoms with van der Waals surface area (Å²) in [7, 11) is 3.79. The van der Waals surface area contributed by atoms with Crippen molar-refractivity contribution in [2.24, 2.45) is 4.99 Å². The highest BCUT2D eigenvalue weighted by molar-refractivity contribution is 14.0. The number of rotatable bonds is 5. The Morgan fingerprint density at radius 1 is 1.39 bits per heavy atom. The van der Waals surface area contributed by atoms with Crippen molar-refractivity contribution in [1.29, 1.82) is 0 Å². The van der Waals surface area contributed by atoms with Gasteiger partial charge in [-0.3, -0.25) is 4.99 Å². The van der Waals surface area contributed by atoms with Crippen LogP contribution >= 0.6 is 35.6 Å². The maximum atomic E-state index is 6.21. The smallest absolute Gasteiger partial charge is 0.193 e. The Morgan fingerprint density at radius 3 is 2.74 bits per heavy atom. The van der Waals surface area contributed by atoms with E-state index in [1.807, 2.05) is 50.6 Å². The van der Waals surface area contributed by atoms with E-state index < -0.39 is 0 Å². The number of aromatic nitrogens is 2. The Hall–Kier alpha value is -1.28. The highest BCUT2D eigenvalue weighted by Crippen LogP contribution is 2.16. The van der Waals surface area contributed by atoms with Crippen LogP contribution in [0.3, 0.4) is 0 Å². The number of nitrogens with zero attached hydrogens (tertiary/aromatic N) is 4. The molecule has 0 atom stereocenters. The van der Waals surface area contributed by atoms with Crippen LogP contribution in [0.1, 0.15) is 11.4 Å². The summed E-state index contributed by atoms with van der Waals surface area (Å²) in [5.74, 6) is 1.86. The summed E-state index contributed by atoms with van der Waals surface area (Å²) in [4.78, 5) is 10.6. The molecular weight excluding hydrogens is 425 g/mol. The van der Waals surface area contributed by atoms with Crippen molar-refractivity contribution in [2.75, 3.05) is 20.6 Å². The quantitative estimate of drug-likeness (QED) is 0.435. The van der Waals surface area contributed by atoms with E-state index in [-0.39, 0.29) is 24.0 Å². The number of nitrogens with one attached hydrogen (secondary N) is 1. The third-order valence-corrected chi connectivity index (χ3v) is 3.87. The second kappa shape index (κ2) is 9.77. The molecule has 1 heterocycles. The van der Waals surface area contributed by atoms with Gasteiger partial charge >= 0.3 is 0 Å². The average molecular weight is 448 g/mol. The van der Waals surface area contributed by atoms with Gasteiger partial charge in [0.05, 0.1) is 0 Å². The molecule has 0 radical (unpaired) electrons. The number of halogens is 2. The molecule has 0 bridgehead atoms. The number of hydrogen-bond donors (Lipinski definition) is 1. The molecule has 0 saturated carbocycles. The number of guanidine groups is 1. The molecule has 2 aromatic rings. The van der Waals surface area contributed by atoms with Gasteiger partial charge < -0.3 is 14.8 Å². The van der Waals surface area contributed by atoms with Crippen molar-refractivity contribution < 1.29 is 0 Å². The third kappa shape index (κ3) is 5.69.